The lowest BCUT2D eigenvalue weighted by Crippen LogP contribution is -2.30. The van der Waals surface area contributed by atoms with Gasteiger partial charge in [0.2, 0.25) is 0 Å². The van der Waals surface area contributed by atoms with Crippen molar-refractivity contribution in [1.29, 1.82) is 0 Å². The third-order valence-corrected chi connectivity index (χ3v) is 4.15. The van der Waals surface area contributed by atoms with Crippen LogP contribution >= 0.6 is 11.6 Å². The largest absolute Gasteiger partial charge is 0.327 e. The number of nitrogens with zero attached hydrogens (tertiary/aromatic N) is 2. The predicted octanol–water partition coefficient (Wildman–Crippen LogP) is 3.55. The van der Waals surface area contributed by atoms with E-state index < -0.39 is 0 Å². The summed E-state index contributed by atoms with van der Waals surface area (Å²) in [4.78, 5) is 4.76. The van der Waals surface area contributed by atoms with Crippen molar-refractivity contribution in [3.8, 4) is 0 Å². The van der Waals surface area contributed by atoms with Crippen LogP contribution < -0.4 is 5.73 Å². The summed E-state index contributed by atoms with van der Waals surface area (Å²) < 4.78 is 2.37. The molecule has 19 heavy (non-hydrogen) atoms. The lowest BCUT2D eigenvalue weighted by molar-refractivity contribution is 0.473. The topological polar surface area (TPSA) is 43.8 Å². The van der Waals surface area contributed by atoms with Gasteiger partial charge in [0.15, 0.2) is 0 Å². The Morgan fingerprint density at radius 1 is 1.42 bits per heavy atom. The molecule has 1 unspecified atom stereocenters. The first-order valence-electron chi connectivity index (χ1n) is 6.98. The summed E-state index contributed by atoms with van der Waals surface area (Å²) >= 11 is 6.06. The fourth-order valence-corrected chi connectivity index (χ4v) is 2.62. The number of imidazole rings is 1. The Morgan fingerprint density at radius 3 is 2.79 bits per heavy atom. The molecule has 102 valence electrons. The van der Waals surface area contributed by atoms with Crippen LogP contribution in [0.2, 0.25) is 5.02 Å². The fraction of sp³-hybridized carbons (Fsp3) is 0.533. The molecule has 0 amide bonds. The van der Waals surface area contributed by atoms with Gasteiger partial charge >= 0.3 is 0 Å². The van der Waals surface area contributed by atoms with Crippen molar-refractivity contribution in [2.24, 2.45) is 11.7 Å². The third-order valence-electron chi connectivity index (χ3n) is 3.91. The third kappa shape index (κ3) is 2.49. The zero-order chi connectivity index (χ0) is 13.6. The Labute approximate surface area is 118 Å². The Bertz CT molecular complexity index is 599. The summed E-state index contributed by atoms with van der Waals surface area (Å²) in [6.45, 7) is 4.32. The van der Waals surface area contributed by atoms with Crippen LogP contribution in [0.1, 0.15) is 38.6 Å². The van der Waals surface area contributed by atoms with Crippen LogP contribution in [0.4, 0.5) is 0 Å². The first-order valence-corrected chi connectivity index (χ1v) is 7.36. The molecule has 0 saturated heterocycles. The van der Waals surface area contributed by atoms with Crippen molar-refractivity contribution in [2.75, 3.05) is 0 Å². The number of fused-ring (bicyclic) bond motifs is 1. The van der Waals surface area contributed by atoms with Crippen LogP contribution in [0, 0.1) is 5.92 Å². The van der Waals surface area contributed by atoms with Crippen molar-refractivity contribution in [3.05, 3.63) is 29.0 Å². The van der Waals surface area contributed by atoms with Crippen molar-refractivity contribution in [3.63, 3.8) is 0 Å². The zero-order valence-corrected chi connectivity index (χ0v) is 12.2. The molecular weight excluding hydrogens is 258 g/mol. The van der Waals surface area contributed by atoms with Gasteiger partial charge in [0.1, 0.15) is 5.82 Å². The average Bonchev–Trinajstić information content (AvgIpc) is 3.11. The standard InChI is InChI=1S/C15H20ClN3/c1-9(2)12(17)8-15-18-13-7-10(16)3-6-14(13)19(15)11-4-5-11/h3,6-7,9,11-12H,4-5,8,17H2,1-2H3. The fourth-order valence-electron chi connectivity index (χ4n) is 2.45. The van der Waals surface area contributed by atoms with Crippen LogP contribution in [0.25, 0.3) is 11.0 Å². The van der Waals surface area contributed by atoms with Crippen LogP contribution in [0.15, 0.2) is 18.2 Å². The molecule has 0 radical (unpaired) electrons. The average molecular weight is 278 g/mol. The molecule has 4 heteroatoms. The summed E-state index contributed by atoms with van der Waals surface area (Å²) in [5.74, 6) is 1.58. The zero-order valence-electron chi connectivity index (χ0n) is 11.4. The molecule has 0 spiro atoms. The normalized spacial score (nSPS) is 17.3. The van der Waals surface area contributed by atoms with Crippen LogP contribution in [-0.2, 0) is 6.42 Å². The molecule has 1 saturated carbocycles. The highest BCUT2D eigenvalue weighted by atomic mass is 35.5. The van der Waals surface area contributed by atoms with E-state index in [1.165, 1.54) is 18.4 Å². The van der Waals surface area contributed by atoms with E-state index in [9.17, 15) is 0 Å². The molecule has 2 aromatic rings. The van der Waals surface area contributed by atoms with E-state index in [1.54, 1.807) is 0 Å². The number of rotatable bonds is 4. The number of hydrogen-bond acceptors (Lipinski definition) is 2. The second-order valence-corrected chi connectivity index (χ2v) is 6.31. The number of benzene rings is 1. The molecule has 1 aromatic carbocycles. The molecule has 1 heterocycles. The van der Waals surface area contributed by atoms with Crippen molar-refractivity contribution in [1.82, 2.24) is 9.55 Å². The maximum absolute atomic E-state index is 6.21. The maximum Gasteiger partial charge on any atom is 0.111 e. The summed E-state index contributed by atoms with van der Waals surface area (Å²) in [6, 6.07) is 6.73. The molecule has 1 fully saturated rings. The minimum absolute atomic E-state index is 0.157. The SMILES string of the molecule is CC(C)C(N)Cc1nc2cc(Cl)ccc2n1C1CC1. The molecule has 1 aliphatic carbocycles. The lowest BCUT2D eigenvalue weighted by atomic mass is 10.0. The monoisotopic (exact) mass is 277 g/mol. The van der Waals surface area contributed by atoms with Gasteiger partial charge in [0, 0.05) is 23.5 Å². The van der Waals surface area contributed by atoms with E-state index in [2.05, 4.69) is 24.5 Å². The second kappa shape index (κ2) is 4.80. The van der Waals surface area contributed by atoms with Gasteiger partial charge in [-0.15, -0.1) is 0 Å². The van der Waals surface area contributed by atoms with Crippen molar-refractivity contribution < 1.29 is 0 Å². The second-order valence-electron chi connectivity index (χ2n) is 5.87. The molecule has 0 aliphatic heterocycles. The van der Waals surface area contributed by atoms with Crippen LogP contribution in [0.5, 0.6) is 0 Å². The molecule has 1 atom stereocenters. The number of halogens is 1. The van der Waals surface area contributed by atoms with E-state index >= 15 is 0 Å². The van der Waals surface area contributed by atoms with E-state index in [4.69, 9.17) is 22.3 Å². The van der Waals surface area contributed by atoms with Gasteiger partial charge in [0.05, 0.1) is 11.0 Å². The summed E-state index contributed by atoms with van der Waals surface area (Å²) in [5, 5.41) is 0.743. The summed E-state index contributed by atoms with van der Waals surface area (Å²) in [5.41, 5.74) is 8.39. The molecule has 1 aromatic heterocycles. The smallest absolute Gasteiger partial charge is 0.111 e. The van der Waals surface area contributed by atoms with Gasteiger partial charge in [0.25, 0.3) is 0 Å². The number of nitrogens with two attached hydrogens (primary N) is 1. The molecular formula is C15H20ClN3. The lowest BCUT2D eigenvalue weighted by Gasteiger charge is -2.16. The molecule has 0 bridgehead atoms. The quantitative estimate of drug-likeness (QED) is 0.929. The summed E-state index contributed by atoms with van der Waals surface area (Å²) in [6.07, 6.45) is 3.33. The first-order chi connectivity index (χ1) is 9.06. The first kappa shape index (κ1) is 12.9. The van der Waals surface area contributed by atoms with Gasteiger partial charge in [-0.3, -0.25) is 0 Å². The predicted molar refractivity (Wildman–Crippen MR) is 79.5 cm³/mol. The van der Waals surface area contributed by atoms with Crippen LogP contribution in [0.3, 0.4) is 0 Å². The van der Waals surface area contributed by atoms with Gasteiger partial charge in [-0.25, -0.2) is 4.98 Å². The Morgan fingerprint density at radius 2 is 2.16 bits per heavy atom. The van der Waals surface area contributed by atoms with E-state index in [1.807, 2.05) is 12.1 Å². The Hall–Kier alpha value is -1.06. The van der Waals surface area contributed by atoms with Crippen molar-refractivity contribution in [2.45, 2.75) is 45.2 Å². The molecule has 1 aliphatic rings. The van der Waals surface area contributed by atoms with Gasteiger partial charge in [-0.05, 0) is 37.0 Å². The number of hydrogen-bond donors (Lipinski definition) is 1. The Kier molecular flexibility index (Phi) is 3.27. The number of aromatic nitrogens is 2. The van der Waals surface area contributed by atoms with E-state index in [-0.39, 0.29) is 6.04 Å². The maximum atomic E-state index is 6.21. The van der Waals surface area contributed by atoms with Crippen LogP contribution in [-0.4, -0.2) is 15.6 Å². The minimum Gasteiger partial charge on any atom is -0.327 e. The van der Waals surface area contributed by atoms with Gasteiger partial charge in [-0.1, -0.05) is 25.4 Å². The molecule has 3 rings (SSSR count). The molecule has 2 N–H and O–H groups in total. The highest BCUT2D eigenvalue weighted by Gasteiger charge is 2.28. The van der Waals surface area contributed by atoms with Crippen molar-refractivity contribution >= 4 is 22.6 Å². The highest BCUT2D eigenvalue weighted by molar-refractivity contribution is 6.31. The Balaban J connectivity index is 2.04. The van der Waals surface area contributed by atoms with E-state index in [0.717, 1.165) is 22.8 Å². The van der Waals surface area contributed by atoms with Gasteiger partial charge in [-0.2, -0.15) is 0 Å². The highest BCUT2D eigenvalue weighted by Crippen LogP contribution is 2.39. The van der Waals surface area contributed by atoms with Gasteiger partial charge < -0.3 is 10.3 Å². The summed E-state index contributed by atoms with van der Waals surface area (Å²) in [7, 11) is 0. The van der Waals surface area contributed by atoms with E-state index in [0.29, 0.717) is 12.0 Å². The minimum atomic E-state index is 0.157. The molecule has 3 nitrogen and oxygen atoms in total.